The van der Waals surface area contributed by atoms with Gasteiger partial charge in [0.2, 0.25) is 0 Å². The minimum atomic E-state index is 0.477. The van der Waals surface area contributed by atoms with E-state index < -0.39 is 0 Å². The minimum Gasteiger partial charge on any atom is -0.341 e. The van der Waals surface area contributed by atoms with Crippen LogP contribution in [0.2, 0.25) is 0 Å². The molecule has 0 fully saturated rings. The van der Waals surface area contributed by atoms with Crippen LogP contribution in [0, 0.1) is 0 Å². The molecule has 1 aromatic carbocycles. The van der Waals surface area contributed by atoms with E-state index in [9.17, 15) is 0 Å². The van der Waals surface area contributed by atoms with Crippen molar-refractivity contribution < 1.29 is 0 Å². The molecule has 0 aliphatic carbocycles. The highest BCUT2D eigenvalue weighted by Gasteiger charge is 2.03. The average molecular weight is 268 g/mol. The molecular weight excluding hydrogens is 254 g/mol. The Balaban J connectivity index is 2.23. The molecule has 4 heteroatoms. The number of halogens is 1. The number of H-pyrrole nitrogens is 1. The van der Waals surface area contributed by atoms with Gasteiger partial charge in [0.25, 0.3) is 0 Å². The van der Waals surface area contributed by atoms with Crippen molar-refractivity contribution in [2.45, 2.75) is 26.4 Å². The van der Waals surface area contributed by atoms with Crippen molar-refractivity contribution in [2.75, 3.05) is 0 Å². The number of aromatic nitrogens is 2. The summed E-state index contributed by atoms with van der Waals surface area (Å²) in [5.74, 6) is 0.983. The summed E-state index contributed by atoms with van der Waals surface area (Å²) in [7, 11) is 0. The van der Waals surface area contributed by atoms with Gasteiger partial charge in [-0.2, -0.15) is 0 Å². The van der Waals surface area contributed by atoms with Crippen molar-refractivity contribution in [2.24, 2.45) is 0 Å². The van der Waals surface area contributed by atoms with E-state index in [2.05, 4.69) is 45.1 Å². The molecule has 0 radical (unpaired) electrons. The molecule has 0 amide bonds. The fraction of sp³-hybridized carbons (Fsp3) is 0.364. The van der Waals surface area contributed by atoms with Crippen molar-refractivity contribution in [3.63, 3.8) is 0 Å². The molecule has 0 atom stereocenters. The highest BCUT2D eigenvalue weighted by molar-refractivity contribution is 9.10. The lowest BCUT2D eigenvalue weighted by Crippen LogP contribution is -2.22. The number of rotatable bonds is 3. The third-order valence-corrected chi connectivity index (χ3v) is 2.66. The zero-order chi connectivity index (χ0) is 10.8. The number of hydrogen-bond acceptors (Lipinski definition) is 2. The fourth-order valence-corrected chi connectivity index (χ4v) is 1.78. The molecule has 1 aromatic heterocycles. The summed E-state index contributed by atoms with van der Waals surface area (Å²) >= 11 is 3.44. The van der Waals surface area contributed by atoms with Crippen molar-refractivity contribution in [3.8, 4) is 0 Å². The van der Waals surface area contributed by atoms with Crippen LogP contribution in [0.3, 0.4) is 0 Å². The molecule has 3 nitrogen and oxygen atoms in total. The lowest BCUT2D eigenvalue weighted by molar-refractivity contribution is 0.576. The van der Waals surface area contributed by atoms with E-state index in [-0.39, 0.29) is 0 Å². The second-order valence-corrected chi connectivity index (χ2v) is 4.80. The van der Waals surface area contributed by atoms with E-state index in [0.717, 1.165) is 27.9 Å². The lowest BCUT2D eigenvalue weighted by atomic mass is 10.3. The van der Waals surface area contributed by atoms with Gasteiger partial charge in [0.05, 0.1) is 17.6 Å². The predicted octanol–water partition coefficient (Wildman–Crippen LogP) is 2.82. The second kappa shape index (κ2) is 4.33. The number of fused-ring (bicyclic) bond motifs is 1. The highest BCUT2D eigenvalue weighted by atomic mass is 79.9. The fourth-order valence-electron chi connectivity index (χ4n) is 1.42. The van der Waals surface area contributed by atoms with Crippen LogP contribution in [0.15, 0.2) is 22.7 Å². The largest absolute Gasteiger partial charge is 0.341 e. The first-order chi connectivity index (χ1) is 7.15. The molecule has 0 saturated carbocycles. The maximum Gasteiger partial charge on any atom is 0.121 e. The van der Waals surface area contributed by atoms with E-state index >= 15 is 0 Å². The number of nitrogens with zero attached hydrogens (tertiary/aromatic N) is 1. The zero-order valence-electron chi connectivity index (χ0n) is 8.84. The van der Waals surface area contributed by atoms with E-state index in [1.807, 2.05) is 18.2 Å². The molecule has 0 spiro atoms. The first kappa shape index (κ1) is 10.6. The molecule has 2 aromatic rings. The van der Waals surface area contributed by atoms with Crippen LogP contribution in [0.25, 0.3) is 11.0 Å². The summed E-state index contributed by atoms with van der Waals surface area (Å²) in [4.78, 5) is 7.78. The van der Waals surface area contributed by atoms with Gasteiger partial charge in [0, 0.05) is 10.5 Å². The number of imidazole rings is 1. The Morgan fingerprint density at radius 3 is 3.00 bits per heavy atom. The number of nitrogens with one attached hydrogen (secondary N) is 2. The monoisotopic (exact) mass is 267 g/mol. The van der Waals surface area contributed by atoms with Gasteiger partial charge in [-0.15, -0.1) is 0 Å². The van der Waals surface area contributed by atoms with Gasteiger partial charge in [0.1, 0.15) is 5.82 Å². The Hall–Kier alpha value is -0.870. The molecule has 1 heterocycles. The summed E-state index contributed by atoms with van der Waals surface area (Å²) in [6, 6.07) is 6.53. The van der Waals surface area contributed by atoms with E-state index in [1.54, 1.807) is 0 Å². The number of hydrogen-bond donors (Lipinski definition) is 2. The Morgan fingerprint density at radius 2 is 2.27 bits per heavy atom. The number of aromatic amines is 1. The van der Waals surface area contributed by atoms with Gasteiger partial charge in [-0.25, -0.2) is 4.98 Å². The standard InChI is InChI=1S/C11H14BrN3/c1-7(2)13-6-11-14-9-4-3-8(12)5-10(9)15-11/h3-5,7,13H,6H2,1-2H3,(H,14,15). The molecular formula is C11H14BrN3. The average Bonchev–Trinajstić information content (AvgIpc) is 2.56. The van der Waals surface area contributed by atoms with Crippen molar-refractivity contribution in [1.29, 1.82) is 0 Å². The van der Waals surface area contributed by atoms with Crippen LogP contribution in [0.1, 0.15) is 19.7 Å². The van der Waals surface area contributed by atoms with Crippen LogP contribution in [-0.2, 0) is 6.54 Å². The third kappa shape index (κ3) is 2.58. The minimum absolute atomic E-state index is 0.477. The smallest absolute Gasteiger partial charge is 0.121 e. The summed E-state index contributed by atoms with van der Waals surface area (Å²) < 4.78 is 1.07. The van der Waals surface area contributed by atoms with E-state index in [1.165, 1.54) is 0 Å². The maximum atomic E-state index is 4.49. The van der Waals surface area contributed by atoms with Gasteiger partial charge < -0.3 is 10.3 Å². The summed E-state index contributed by atoms with van der Waals surface area (Å²) in [6.07, 6.45) is 0. The van der Waals surface area contributed by atoms with Gasteiger partial charge in [-0.3, -0.25) is 0 Å². The molecule has 80 valence electrons. The van der Waals surface area contributed by atoms with Crippen LogP contribution < -0.4 is 5.32 Å². The second-order valence-electron chi connectivity index (χ2n) is 3.88. The zero-order valence-corrected chi connectivity index (χ0v) is 10.4. The lowest BCUT2D eigenvalue weighted by Gasteiger charge is -2.04. The summed E-state index contributed by atoms with van der Waals surface area (Å²) in [6.45, 7) is 5.03. The Kier molecular flexibility index (Phi) is 3.07. The maximum absolute atomic E-state index is 4.49. The highest BCUT2D eigenvalue weighted by Crippen LogP contribution is 2.17. The normalized spacial score (nSPS) is 11.5. The molecule has 2 rings (SSSR count). The predicted molar refractivity (Wildman–Crippen MR) is 65.8 cm³/mol. The van der Waals surface area contributed by atoms with Crippen molar-refractivity contribution in [1.82, 2.24) is 15.3 Å². The molecule has 0 aliphatic heterocycles. The topological polar surface area (TPSA) is 40.7 Å². The Labute approximate surface area is 97.4 Å². The molecule has 2 N–H and O–H groups in total. The van der Waals surface area contributed by atoms with Crippen molar-refractivity contribution >= 4 is 27.0 Å². The number of benzene rings is 1. The molecule has 0 aliphatic rings. The van der Waals surface area contributed by atoms with E-state index in [4.69, 9.17) is 0 Å². The van der Waals surface area contributed by atoms with E-state index in [0.29, 0.717) is 6.04 Å². The molecule has 15 heavy (non-hydrogen) atoms. The Morgan fingerprint density at radius 1 is 1.47 bits per heavy atom. The Bertz CT molecular complexity index is 462. The quantitative estimate of drug-likeness (QED) is 0.898. The summed E-state index contributed by atoms with van der Waals surface area (Å²) in [5, 5.41) is 3.33. The van der Waals surface area contributed by atoms with Gasteiger partial charge in [-0.1, -0.05) is 29.8 Å². The van der Waals surface area contributed by atoms with Gasteiger partial charge >= 0.3 is 0 Å². The van der Waals surface area contributed by atoms with Gasteiger partial charge in [-0.05, 0) is 18.2 Å². The molecule has 0 unspecified atom stereocenters. The molecule has 0 saturated heterocycles. The van der Waals surface area contributed by atoms with Crippen molar-refractivity contribution in [3.05, 3.63) is 28.5 Å². The van der Waals surface area contributed by atoms with Crippen LogP contribution in [0.5, 0.6) is 0 Å². The molecule has 0 bridgehead atoms. The van der Waals surface area contributed by atoms with Crippen LogP contribution in [0.4, 0.5) is 0 Å². The first-order valence-electron chi connectivity index (χ1n) is 5.02. The van der Waals surface area contributed by atoms with Gasteiger partial charge in [0.15, 0.2) is 0 Å². The SMILES string of the molecule is CC(C)NCc1nc2ccc(Br)cc2[nH]1. The summed E-state index contributed by atoms with van der Waals surface area (Å²) in [5.41, 5.74) is 2.09. The van der Waals surface area contributed by atoms with Crippen LogP contribution in [-0.4, -0.2) is 16.0 Å². The van der Waals surface area contributed by atoms with Crippen LogP contribution >= 0.6 is 15.9 Å². The third-order valence-electron chi connectivity index (χ3n) is 2.17. The first-order valence-corrected chi connectivity index (χ1v) is 5.82.